The predicted molar refractivity (Wildman–Crippen MR) is 176 cm³/mol. The van der Waals surface area contributed by atoms with Crippen molar-refractivity contribution in [1.82, 2.24) is 0 Å². The van der Waals surface area contributed by atoms with Crippen LogP contribution in [0.1, 0.15) is 65.5 Å². The molecule has 230 valence electrons. The Morgan fingerprint density at radius 2 is 1.49 bits per heavy atom. The molecule has 5 rings (SSSR count). The molecule has 0 unspecified atom stereocenters. The van der Waals surface area contributed by atoms with E-state index in [9.17, 15) is 9.90 Å². The number of hydrogen-bond donors (Lipinski definition) is 1. The first-order valence-electron chi connectivity index (χ1n) is 14.1. The minimum atomic E-state index is -0.135. The number of fused-ring (bicyclic) bond motifs is 2. The standard InChI is InChI=1S/C36H40N2O2.2H2N.Pt/c1-23(39)33(24(2)40)34-25(19-21-31-35(3,4)27-13-9-11-15-29(27)37(31)7)17-18-26(34)20-22-32-36(5,6)28-14-10-12-16-30(28)38(32)8;;;/h9-16,19-22H,17-18H2,1-8H3;2*1H2;/q;2*-1;+2/p+1/b25-19+,31-21+;;;. The second-order valence-corrected chi connectivity index (χ2v) is 12.3. The fourth-order valence-electron chi connectivity index (χ4n) is 6.95. The van der Waals surface area contributed by atoms with E-state index in [4.69, 9.17) is 0 Å². The Kier molecular flexibility index (Phi) is 11.0. The summed E-state index contributed by atoms with van der Waals surface area (Å²) >= 11 is 0. The number of Topliss-reactive ketones (excluding diaryl/α,β-unsaturated/α-hetero) is 1. The van der Waals surface area contributed by atoms with Gasteiger partial charge in [0.05, 0.1) is 11.0 Å². The number of benzene rings is 2. The van der Waals surface area contributed by atoms with Crippen molar-refractivity contribution in [3.63, 3.8) is 0 Å². The van der Waals surface area contributed by atoms with Gasteiger partial charge in [0.15, 0.2) is 11.5 Å². The summed E-state index contributed by atoms with van der Waals surface area (Å²) in [6, 6.07) is 17.1. The fraction of sp³-hybridized carbons (Fsp3) is 0.333. The Bertz CT molecular complexity index is 1610. The first-order chi connectivity index (χ1) is 18.9. The summed E-state index contributed by atoms with van der Waals surface area (Å²) in [5.74, 6) is -0.0524. The van der Waals surface area contributed by atoms with Crippen molar-refractivity contribution < 1.29 is 35.5 Å². The summed E-state index contributed by atoms with van der Waals surface area (Å²) in [6.45, 7) is 12.2. The second kappa shape index (κ2) is 13.1. The van der Waals surface area contributed by atoms with Crippen LogP contribution in [0.25, 0.3) is 12.3 Å². The Morgan fingerprint density at radius 1 is 0.884 bits per heavy atom. The maximum absolute atomic E-state index is 12.9. The molecule has 3 aliphatic rings. The van der Waals surface area contributed by atoms with Crippen LogP contribution >= 0.6 is 0 Å². The summed E-state index contributed by atoms with van der Waals surface area (Å²) in [5, 5.41) is 10.7. The zero-order valence-electron chi connectivity index (χ0n) is 26.6. The molecule has 6 nitrogen and oxygen atoms in total. The van der Waals surface area contributed by atoms with Gasteiger partial charge in [-0.2, -0.15) is 4.58 Å². The third-order valence-corrected chi connectivity index (χ3v) is 9.04. The molecule has 2 aliphatic heterocycles. The quantitative estimate of drug-likeness (QED) is 0.186. The van der Waals surface area contributed by atoms with Crippen molar-refractivity contribution in [3.8, 4) is 0 Å². The Morgan fingerprint density at radius 3 is 2.07 bits per heavy atom. The Hall–Kier alpha value is -3.31. The van der Waals surface area contributed by atoms with Crippen molar-refractivity contribution in [2.45, 2.75) is 65.2 Å². The largest absolute Gasteiger partial charge is 2.00 e. The third kappa shape index (κ3) is 5.93. The number of anilines is 1. The smallest absolute Gasteiger partial charge is 0.693 e. The molecule has 0 spiro atoms. The number of rotatable bonds is 5. The predicted octanol–water partition coefficient (Wildman–Crippen LogP) is 9.43. The van der Waals surface area contributed by atoms with E-state index in [2.05, 4.69) is 124 Å². The van der Waals surface area contributed by atoms with Gasteiger partial charge in [-0.3, -0.25) is 4.79 Å². The van der Waals surface area contributed by atoms with Gasteiger partial charge in [0.25, 0.3) is 0 Å². The van der Waals surface area contributed by atoms with E-state index >= 15 is 0 Å². The van der Waals surface area contributed by atoms with Crippen LogP contribution in [0.5, 0.6) is 0 Å². The number of allylic oxidation sites excluding steroid dienone is 10. The van der Waals surface area contributed by atoms with Crippen LogP contribution in [0.3, 0.4) is 0 Å². The number of para-hydroxylation sites is 2. The number of aliphatic hydroxyl groups is 1. The van der Waals surface area contributed by atoms with Gasteiger partial charge in [0.2, 0.25) is 5.69 Å². The SMILES string of the molecule is CC(=O)C(=C(C)O)C1=C(/C=C/C2=[N+](C)c3ccccc3C2(C)C)CC/C1=C\C=C1\N(C)c2ccccc2C1(C)C.[NH2-].[NH2-].[Pt+2]. The molecular weight excluding hydrogens is 716 g/mol. The number of ketones is 1. The van der Waals surface area contributed by atoms with E-state index in [1.807, 2.05) is 0 Å². The average Bonchev–Trinajstić information content (AvgIpc) is 3.44. The minimum Gasteiger partial charge on any atom is -0.693 e. The monoisotopic (exact) mass is 760 g/mol. The molecule has 0 fully saturated rings. The van der Waals surface area contributed by atoms with Gasteiger partial charge < -0.3 is 22.3 Å². The molecule has 0 saturated carbocycles. The van der Waals surface area contributed by atoms with Crippen LogP contribution < -0.4 is 4.90 Å². The number of aliphatic hydroxyl groups excluding tert-OH is 1. The van der Waals surface area contributed by atoms with Crippen molar-refractivity contribution in [2.24, 2.45) is 0 Å². The summed E-state index contributed by atoms with van der Waals surface area (Å²) in [6.07, 6.45) is 10.4. The maximum atomic E-state index is 12.9. The van der Waals surface area contributed by atoms with Crippen LogP contribution in [0.15, 0.2) is 107 Å². The number of carbonyl (C=O) groups excluding carboxylic acids is 1. The Balaban J connectivity index is 0.00000215. The van der Waals surface area contributed by atoms with E-state index in [1.165, 1.54) is 33.9 Å². The van der Waals surface area contributed by atoms with Crippen LogP contribution in [-0.4, -0.2) is 35.3 Å². The summed E-state index contributed by atoms with van der Waals surface area (Å²) in [5.41, 5.74) is 10.7. The van der Waals surface area contributed by atoms with E-state index in [1.54, 1.807) is 13.8 Å². The van der Waals surface area contributed by atoms with Crippen LogP contribution in [0.4, 0.5) is 11.4 Å². The molecule has 0 bridgehead atoms. The van der Waals surface area contributed by atoms with Crippen LogP contribution in [-0.2, 0) is 36.7 Å². The van der Waals surface area contributed by atoms with Gasteiger partial charge in [-0.05, 0) is 75.0 Å². The molecule has 0 radical (unpaired) electrons. The molecule has 2 aromatic rings. The van der Waals surface area contributed by atoms with Crippen molar-refractivity contribution in [2.75, 3.05) is 19.0 Å². The molecule has 0 saturated heterocycles. The topological polar surface area (TPSA) is 111 Å². The summed E-state index contributed by atoms with van der Waals surface area (Å²) < 4.78 is 2.26. The molecule has 2 heterocycles. The zero-order chi connectivity index (χ0) is 29.0. The molecule has 1 aliphatic carbocycles. The molecule has 0 amide bonds. The van der Waals surface area contributed by atoms with E-state index in [0.717, 1.165) is 29.6 Å². The average molecular weight is 761 g/mol. The fourth-order valence-corrected chi connectivity index (χ4v) is 6.95. The number of hydrogen-bond acceptors (Lipinski definition) is 3. The Labute approximate surface area is 271 Å². The minimum absolute atomic E-state index is 0. The second-order valence-electron chi connectivity index (χ2n) is 12.3. The molecule has 43 heavy (non-hydrogen) atoms. The maximum Gasteiger partial charge on any atom is 2.00 e. The molecule has 5 N–H and O–H groups in total. The molecule has 2 aromatic carbocycles. The first kappa shape index (κ1) is 35.9. The van der Waals surface area contributed by atoms with Gasteiger partial charge in [0.1, 0.15) is 12.8 Å². The molecular formula is C36H45N4O2Pt+. The summed E-state index contributed by atoms with van der Waals surface area (Å²) in [7, 11) is 4.23. The van der Waals surface area contributed by atoms with E-state index in [-0.39, 0.29) is 55.7 Å². The van der Waals surface area contributed by atoms with Crippen molar-refractivity contribution >= 4 is 22.9 Å². The van der Waals surface area contributed by atoms with Gasteiger partial charge in [-0.15, -0.1) is 0 Å². The van der Waals surface area contributed by atoms with Gasteiger partial charge in [0, 0.05) is 41.6 Å². The van der Waals surface area contributed by atoms with Crippen molar-refractivity contribution in [3.05, 3.63) is 130 Å². The number of nitrogens with two attached hydrogens (primary N) is 2. The number of nitrogens with zero attached hydrogens (tertiary/aromatic N) is 2. The van der Waals surface area contributed by atoms with E-state index in [0.29, 0.717) is 5.57 Å². The first-order valence-corrected chi connectivity index (χ1v) is 14.1. The van der Waals surface area contributed by atoms with Gasteiger partial charge in [-0.25, -0.2) is 0 Å². The zero-order valence-corrected chi connectivity index (χ0v) is 28.8. The molecule has 0 aromatic heterocycles. The van der Waals surface area contributed by atoms with Crippen molar-refractivity contribution in [1.29, 1.82) is 0 Å². The molecule has 7 heteroatoms. The molecule has 0 atom stereocenters. The van der Waals surface area contributed by atoms with Gasteiger partial charge in [-0.1, -0.05) is 62.4 Å². The normalized spacial score (nSPS) is 20.5. The van der Waals surface area contributed by atoms with Crippen LogP contribution in [0.2, 0.25) is 0 Å². The van der Waals surface area contributed by atoms with Gasteiger partial charge >= 0.3 is 21.1 Å². The number of carbonyl (C=O) groups is 1. The number of likely N-dealkylation sites (N-methyl/N-ethyl adjacent to an activating group) is 1. The van der Waals surface area contributed by atoms with E-state index < -0.39 is 0 Å². The summed E-state index contributed by atoms with van der Waals surface area (Å²) in [4.78, 5) is 15.1. The third-order valence-electron chi connectivity index (χ3n) is 9.04. The van der Waals surface area contributed by atoms with Crippen LogP contribution in [0, 0.1) is 0 Å².